The number of allylic oxidation sites excluding steroid dienone is 1. The minimum atomic E-state index is 0.137. The zero-order valence-electron chi connectivity index (χ0n) is 11.7. The summed E-state index contributed by atoms with van der Waals surface area (Å²) in [6, 6.07) is 9.90. The lowest BCUT2D eigenvalue weighted by molar-refractivity contribution is 0.215. The standard InChI is InChI=1S/C16H17N3OS/c17-10-12(14(20)11-19-8-4-1-5-9-19)16-18-13-6-2-3-7-15(13)21-16/h2-3,6-7,20H,1,4-5,8-9,11H2/b14-12-. The van der Waals surface area contributed by atoms with Crippen LogP contribution in [0.5, 0.6) is 0 Å². The molecule has 0 bridgehead atoms. The molecule has 0 aliphatic carbocycles. The highest BCUT2D eigenvalue weighted by molar-refractivity contribution is 7.19. The van der Waals surface area contributed by atoms with Gasteiger partial charge in [0.05, 0.1) is 16.8 Å². The fraction of sp³-hybridized carbons (Fsp3) is 0.375. The molecule has 0 atom stereocenters. The third-order valence-electron chi connectivity index (χ3n) is 3.73. The molecule has 0 saturated carbocycles. The molecule has 2 aromatic rings. The van der Waals surface area contributed by atoms with Crippen LogP contribution in [0.1, 0.15) is 24.3 Å². The van der Waals surface area contributed by atoms with Crippen LogP contribution in [0.2, 0.25) is 0 Å². The Balaban J connectivity index is 1.88. The van der Waals surface area contributed by atoms with Gasteiger partial charge in [-0.25, -0.2) is 4.98 Å². The van der Waals surface area contributed by atoms with Gasteiger partial charge in [0.25, 0.3) is 0 Å². The van der Waals surface area contributed by atoms with Gasteiger partial charge in [-0.1, -0.05) is 18.6 Å². The second-order valence-electron chi connectivity index (χ2n) is 5.26. The molecular weight excluding hydrogens is 282 g/mol. The third kappa shape index (κ3) is 3.07. The van der Waals surface area contributed by atoms with E-state index >= 15 is 0 Å². The zero-order valence-corrected chi connectivity index (χ0v) is 12.6. The Morgan fingerprint density at radius 3 is 2.76 bits per heavy atom. The summed E-state index contributed by atoms with van der Waals surface area (Å²) in [5.74, 6) is 0.137. The van der Waals surface area contributed by atoms with Gasteiger partial charge in [-0.15, -0.1) is 11.3 Å². The van der Waals surface area contributed by atoms with Crippen LogP contribution in [-0.4, -0.2) is 34.6 Å². The number of rotatable bonds is 3. The van der Waals surface area contributed by atoms with E-state index in [4.69, 9.17) is 0 Å². The van der Waals surface area contributed by atoms with Crippen LogP contribution >= 0.6 is 11.3 Å². The molecule has 1 saturated heterocycles. The van der Waals surface area contributed by atoms with E-state index in [0.29, 0.717) is 17.1 Å². The number of para-hydroxylation sites is 1. The molecule has 5 heteroatoms. The molecule has 1 aromatic heterocycles. The normalized spacial score (nSPS) is 17.5. The molecule has 21 heavy (non-hydrogen) atoms. The number of aliphatic hydroxyl groups is 1. The largest absolute Gasteiger partial charge is 0.509 e. The Morgan fingerprint density at radius 2 is 2.05 bits per heavy atom. The number of benzene rings is 1. The van der Waals surface area contributed by atoms with Gasteiger partial charge >= 0.3 is 0 Å². The monoisotopic (exact) mass is 299 g/mol. The highest BCUT2D eigenvalue weighted by atomic mass is 32.1. The van der Waals surface area contributed by atoms with Crippen molar-refractivity contribution in [2.75, 3.05) is 19.6 Å². The van der Waals surface area contributed by atoms with Crippen molar-refractivity contribution in [3.8, 4) is 6.07 Å². The summed E-state index contributed by atoms with van der Waals surface area (Å²) in [6.07, 6.45) is 3.58. The molecule has 0 radical (unpaired) electrons. The van der Waals surface area contributed by atoms with Crippen molar-refractivity contribution in [3.63, 3.8) is 0 Å². The van der Waals surface area contributed by atoms with Gasteiger partial charge in [0.15, 0.2) is 0 Å². The molecular formula is C16H17N3OS. The molecule has 0 spiro atoms. The minimum absolute atomic E-state index is 0.137. The summed E-state index contributed by atoms with van der Waals surface area (Å²) in [5, 5.41) is 20.3. The molecule has 2 heterocycles. The molecule has 4 nitrogen and oxygen atoms in total. The Labute approximate surface area is 128 Å². The van der Waals surface area contributed by atoms with Gasteiger partial charge in [-0.3, -0.25) is 4.90 Å². The lowest BCUT2D eigenvalue weighted by atomic mass is 10.1. The van der Waals surface area contributed by atoms with Crippen molar-refractivity contribution in [2.24, 2.45) is 0 Å². The van der Waals surface area contributed by atoms with Crippen LogP contribution in [-0.2, 0) is 0 Å². The van der Waals surface area contributed by atoms with Gasteiger partial charge < -0.3 is 5.11 Å². The third-order valence-corrected chi connectivity index (χ3v) is 4.78. The number of nitriles is 1. The second kappa shape index (κ2) is 6.25. The highest BCUT2D eigenvalue weighted by Crippen LogP contribution is 2.28. The predicted molar refractivity (Wildman–Crippen MR) is 85.1 cm³/mol. The van der Waals surface area contributed by atoms with Crippen LogP contribution < -0.4 is 0 Å². The molecule has 1 aromatic carbocycles. The quantitative estimate of drug-likeness (QED) is 0.695. The average Bonchev–Trinajstić information content (AvgIpc) is 2.92. The van der Waals surface area contributed by atoms with Crippen molar-refractivity contribution in [2.45, 2.75) is 19.3 Å². The van der Waals surface area contributed by atoms with Crippen LogP contribution in [0.15, 0.2) is 30.0 Å². The summed E-state index contributed by atoms with van der Waals surface area (Å²) in [6.45, 7) is 2.42. The van der Waals surface area contributed by atoms with Gasteiger partial charge in [-0.05, 0) is 38.1 Å². The maximum atomic E-state index is 10.3. The second-order valence-corrected chi connectivity index (χ2v) is 6.29. The molecule has 1 fully saturated rings. The van der Waals surface area contributed by atoms with E-state index in [1.54, 1.807) is 0 Å². The SMILES string of the molecule is N#C/C(=C(/O)CN1CCCCC1)c1nc2ccccc2s1. The number of piperidine rings is 1. The van der Waals surface area contributed by atoms with E-state index in [0.717, 1.165) is 36.1 Å². The van der Waals surface area contributed by atoms with Crippen molar-refractivity contribution in [1.29, 1.82) is 5.26 Å². The van der Waals surface area contributed by atoms with Gasteiger partial charge in [0.1, 0.15) is 22.4 Å². The van der Waals surface area contributed by atoms with Crippen LogP contribution in [0.4, 0.5) is 0 Å². The number of aromatic nitrogens is 1. The number of nitrogens with zero attached hydrogens (tertiary/aromatic N) is 3. The lowest BCUT2D eigenvalue weighted by Gasteiger charge is -2.25. The molecule has 1 aliphatic heterocycles. The van der Waals surface area contributed by atoms with Crippen LogP contribution in [0.25, 0.3) is 15.8 Å². The summed E-state index contributed by atoms with van der Waals surface area (Å²) >= 11 is 1.45. The first kappa shape index (κ1) is 14.1. The number of aliphatic hydroxyl groups excluding tert-OH is 1. The van der Waals surface area contributed by atoms with Gasteiger partial charge in [-0.2, -0.15) is 5.26 Å². The molecule has 1 N–H and O–H groups in total. The average molecular weight is 299 g/mol. The first-order valence-electron chi connectivity index (χ1n) is 7.18. The van der Waals surface area contributed by atoms with E-state index in [2.05, 4.69) is 16.0 Å². The minimum Gasteiger partial charge on any atom is -0.509 e. The first-order valence-corrected chi connectivity index (χ1v) is 8.00. The van der Waals surface area contributed by atoms with Crippen molar-refractivity contribution < 1.29 is 5.11 Å². The summed E-state index contributed by atoms with van der Waals surface area (Å²) in [4.78, 5) is 6.66. The van der Waals surface area contributed by atoms with Gasteiger partial charge in [0, 0.05) is 0 Å². The number of fused-ring (bicyclic) bond motifs is 1. The van der Waals surface area contributed by atoms with E-state index < -0.39 is 0 Å². The number of hydrogen-bond donors (Lipinski definition) is 1. The highest BCUT2D eigenvalue weighted by Gasteiger charge is 2.17. The smallest absolute Gasteiger partial charge is 0.138 e. The van der Waals surface area contributed by atoms with E-state index in [1.165, 1.54) is 17.8 Å². The maximum Gasteiger partial charge on any atom is 0.138 e. The van der Waals surface area contributed by atoms with E-state index in [9.17, 15) is 10.4 Å². The van der Waals surface area contributed by atoms with Crippen LogP contribution in [0.3, 0.4) is 0 Å². The summed E-state index contributed by atoms with van der Waals surface area (Å²) < 4.78 is 1.03. The Bertz CT molecular complexity index is 675. The topological polar surface area (TPSA) is 60.1 Å². The maximum absolute atomic E-state index is 10.3. The Hall–Kier alpha value is -1.90. The summed E-state index contributed by atoms with van der Waals surface area (Å²) in [7, 11) is 0. The molecule has 0 amide bonds. The van der Waals surface area contributed by atoms with Crippen molar-refractivity contribution in [3.05, 3.63) is 35.0 Å². The molecule has 3 rings (SSSR count). The number of thiazole rings is 1. The molecule has 1 aliphatic rings. The van der Waals surface area contributed by atoms with Crippen LogP contribution in [0, 0.1) is 11.3 Å². The fourth-order valence-corrected chi connectivity index (χ4v) is 3.61. The van der Waals surface area contributed by atoms with Gasteiger partial charge in [0.2, 0.25) is 0 Å². The fourth-order valence-electron chi connectivity index (χ4n) is 2.62. The van der Waals surface area contributed by atoms with Crippen molar-refractivity contribution >= 4 is 27.1 Å². The molecule has 108 valence electrons. The zero-order chi connectivity index (χ0) is 14.7. The number of hydrogen-bond acceptors (Lipinski definition) is 5. The van der Waals surface area contributed by atoms with E-state index in [1.807, 2.05) is 24.3 Å². The Morgan fingerprint density at radius 1 is 1.29 bits per heavy atom. The van der Waals surface area contributed by atoms with Crippen molar-refractivity contribution in [1.82, 2.24) is 9.88 Å². The first-order chi connectivity index (χ1) is 10.3. The molecule has 0 unspecified atom stereocenters. The summed E-state index contributed by atoms with van der Waals surface area (Å²) in [5.41, 5.74) is 1.18. The van der Waals surface area contributed by atoms with E-state index in [-0.39, 0.29) is 5.76 Å². The lowest BCUT2D eigenvalue weighted by Crippen LogP contribution is -2.31. The number of likely N-dealkylation sites (tertiary alicyclic amines) is 1. The predicted octanol–water partition coefficient (Wildman–Crippen LogP) is 3.57. The Kier molecular flexibility index (Phi) is 4.18.